The zero-order chi connectivity index (χ0) is 15.4. The molecular weight excluding hydrogens is 280 g/mol. The number of hydrogen-bond acceptors (Lipinski definition) is 4. The summed E-state index contributed by atoms with van der Waals surface area (Å²) in [5, 5.41) is 3.13. The highest BCUT2D eigenvalue weighted by Gasteiger charge is 2.39. The molecule has 0 radical (unpaired) electrons. The molecule has 2 aliphatic heterocycles. The molecule has 3 rings (SSSR count). The fraction of sp³-hybridized carbons (Fsp3) is 0.625. The van der Waals surface area contributed by atoms with Gasteiger partial charge in [-0.1, -0.05) is 0 Å². The maximum Gasteiger partial charge on any atom is 0.222 e. The van der Waals surface area contributed by atoms with Crippen molar-refractivity contribution < 1.29 is 9.59 Å². The first-order valence-electron chi connectivity index (χ1n) is 8.00. The maximum absolute atomic E-state index is 12.4. The van der Waals surface area contributed by atoms with E-state index in [0.717, 1.165) is 44.3 Å². The van der Waals surface area contributed by atoms with Crippen LogP contribution in [0.15, 0.2) is 18.7 Å². The summed E-state index contributed by atoms with van der Waals surface area (Å²) in [4.78, 5) is 33.8. The third kappa shape index (κ3) is 3.43. The third-order valence-corrected chi connectivity index (χ3v) is 4.77. The van der Waals surface area contributed by atoms with E-state index in [2.05, 4.69) is 15.3 Å². The molecule has 2 fully saturated rings. The van der Waals surface area contributed by atoms with Gasteiger partial charge in [-0.25, -0.2) is 9.97 Å². The Bertz CT molecular complexity index is 548. The Kier molecular flexibility index (Phi) is 4.36. The molecule has 1 spiro atoms. The van der Waals surface area contributed by atoms with Crippen LogP contribution in [0, 0.1) is 0 Å². The Labute approximate surface area is 130 Å². The first kappa shape index (κ1) is 14.9. The van der Waals surface area contributed by atoms with Crippen LogP contribution in [0.4, 0.5) is 0 Å². The van der Waals surface area contributed by atoms with Crippen molar-refractivity contribution in [2.75, 3.05) is 13.1 Å². The molecule has 118 valence electrons. The fourth-order valence-electron chi connectivity index (χ4n) is 3.46. The quantitative estimate of drug-likeness (QED) is 0.906. The molecule has 1 unspecified atom stereocenters. The van der Waals surface area contributed by atoms with E-state index in [1.165, 1.54) is 6.33 Å². The molecule has 3 heterocycles. The van der Waals surface area contributed by atoms with Crippen molar-refractivity contribution in [1.29, 1.82) is 0 Å². The number of hydrogen-bond donors (Lipinski definition) is 1. The van der Waals surface area contributed by atoms with Gasteiger partial charge in [0.2, 0.25) is 11.8 Å². The Morgan fingerprint density at radius 1 is 1.23 bits per heavy atom. The van der Waals surface area contributed by atoms with Gasteiger partial charge < -0.3 is 10.2 Å². The number of nitrogens with zero attached hydrogens (tertiary/aromatic N) is 3. The van der Waals surface area contributed by atoms with Gasteiger partial charge in [-0.05, 0) is 37.7 Å². The summed E-state index contributed by atoms with van der Waals surface area (Å²) >= 11 is 0. The predicted molar refractivity (Wildman–Crippen MR) is 80.9 cm³/mol. The minimum absolute atomic E-state index is 0.0562. The van der Waals surface area contributed by atoms with E-state index < -0.39 is 0 Å². The molecule has 6 heteroatoms. The molecule has 2 amide bonds. The Morgan fingerprint density at radius 2 is 2.05 bits per heavy atom. The molecular formula is C16H22N4O2. The maximum atomic E-state index is 12.4. The van der Waals surface area contributed by atoms with Crippen molar-refractivity contribution in [2.24, 2.45) is 0 Å². The van der Waals surface area contributed by atoms with Crippen LogP contribution >= 0.6 is 0 Å². The minimum atomic E-state index is -0.0562. The van der Waals surface area contributed by atoms with Gasteiger partial charge in [-0.2, -0.15) is 0 Å². The van der Waals surface area contributed by atoms with Crippen molar-refractivity contribution in [2.45, 2.75) is 50.5 Å². The number of carbonyl (C=O) groups excluding carboxylic acids is 2. The number of aromatic nitrogens is 2. The van der Waals surface area contributed by atoms with Crippen LogP contribution in [0.5, 0.6) is 0 Å². The third-order valence-electron chi connectivity index (χ3n) is 4.77. The molecule has 2 saturated heterocycles. The standard InChI is InChI=1S/C16H22N4O2/c21-14-4-6-16(19-14)5-1-8-20(9-7-16)15(22)3-2-13-10-17-12-18-11-13/h10-12H,1-9H2,(H,19,21). The predicted octanol–water partition coefficient (Wildman–Crippen LogP) is 1.07. The Hall–Kier alpha value is -1.98. The number of carbonyl (C=O) groups is 2. The summed E-state index contributed by atoms with van der Waals surface area (Å²) in [6, 6.07) is 0. The highest BCUT2D eigenvalue weighted by atomic mass is 16.2. The molecule has 1 atom stereocenters. The first-order valence-corrected chi connectivity index (χ1v) is 8.00. The van der Waals surface area contributed by atoms with Gasteiger partial charge >= 0.3 is 0 Å². The van der Waals surface area contributed by atoms with Gasteiger partial charge in [0.05, 0.1) is 0 Å². The SMILES string of the molecule is O=C1CCC2(CCCN(C(=O)CCc3cncnc3)CC2)N1. The van der Waals surface area contributed by atoms with Crippen LogP contribution in [0.25, 0.3) is 0 Å². The lowest BCUT2D eigenvalue weighted by molar-refractivity contribution is -0.131. The number of amides is 2. The average Bonchev–Trinajstić information content (AvgIpc) is 2.77. The van der Waals surface area contributed by atoms with Crippen molar-refractivity contribution in [3.8, 4) is 0 Å². The highest BCUT2D eigenvalue weighted by Crippen LogP contribution is 2.31. The lowest BCUT2D eigenvalue weighted by Crippen LogP contribution is -2.42. The normalized spacial score (nSPS) is 25.1. The van der Waals surface area contributed by atoms with Crippen LogP contribution in [-0.4, -0.2) is 45.3 Å². The second-order valence-corrected chi connectivity index (χ2v) is 6.31. The fourth-order valence-corrected chi connectivity index (χ4v) is 3.46. The van der Waals surface area contributed by atoms with Gasteiger partial charge in [0, 0.05) is 43.9 Å². The summed E-state index contributed by atoms with van der Waals surface area (Å²) in [6.45, 7) is 1.53. The van der Waals surface area contributed by atoms with Crippen LogP contribution in [-0.2, 0) is 16.0 Å². The minimum Gasteiger partial charge on any atom is -0.351 e. The van der Waals surface area contributed by atoms with E-state index in [9.17, 15) is 9.59 Å². The van der Waals surface area contributed by atoms with E-state index >= 15 is 0 Å². The van der Waals surface area contributed by atoms with Gasteiger partial charge in [-0.3, -0.25) is 9.59 Å². The summed E-state index contributed by atoms with van der Waals surface area (Å²) in [5.74, 6) is 0.342. The summed E-state index contributed by atoms with van der Waals surface area (Å²) in [6.07, 6.45) is 10.5. The molecule has 2 aliphatic rings. The highest BCUT2D eigenvalue weighted by molar-refractivity contribution is 5.79. The van der Waals surface area contributed by atoms with E-state index in [4.69, 9.17) is 0 Å². The second kappa shape index (κ2) is 6.42. The van der Waals surface area contributed by atoms with Gasteiger partial charge in [0.25, 0.3) is 0 Å². The number of rotatable bonds is 3. The van der Waals surface area contributed by atoms with Crippen LogP contribution in [0.3, 0.4) is 0 Å². The molecule has 0 saturated carbocycles. The lowest BCUT2D eigenvalue weighted by atomic mass is 9.89. The topological polar surface area (TPSA) is 75.2 Å². The molecule has 22 heavy (non-hydrogen) atoms. The monoisotopic (exact) mass is 302 g/mol. The van der Waals surface area contributed by atoms with Gasteiger partial charge in [0.15, 0.2) is 0 Å². The van der Waals surface area contributed by atoms with E-state index in [1.54, 1.807) is 12.4 Å². The number of aryl methyl sites for hydroxylation is 1. The second-order valence-electron chi connectivity index (χ2n) is 6.31. The summed E-state index contributed by atoms with van der Waals surface area (Å²) in [7, 11) is 0. The lowest BCUT2D eigenvalue weighted by Gasteiger charge is -2.27. The molecule has 1 aromatic rings. The van der Waals surface area contributed by atoms with E-state index in [1.807, 2.05) is 4.90 Å². The zero-order valence-electron chi connectivity index (χ0n) is 12.8. The van der Waals surface area contributed by atoms with Crippen molar-refractivity contribution in [1.82, 2.24) is 20.2 Å². The molecule has 0 aliphatic carbocycles. The number of nitrogens with one attached hydrogen (secondary N) is 1. The first-order chi connectivity index (χ1) is 10.7. The van der Waals surface area contributed by atoms with Crippen LogP contribution in [0.2, 0.25) is 0 Å². The summed E-state index contributed by atoms with van der Waals surface area (Å²) < 4.78 is 0. The molecule has 0 aromatic carbocycles. The van der Waals surface area contributed by atoms with Gasteiger partial charge in [-0.15, -0.1) is 0 Å². The van der Waals surface area contributed by atoms with Crippen molar-refractivity contribution >= 4 is 11.8 Å². The van der Waals surface area contributed by atoms with E-state index in [-0.39, 0.29) is 17.4 Å². The Balaban J connectivity index is 1.52. The Morgan fingerprint density at radius 3 is 2.77 bits per heavy atom. The van der Waals surface area contributed by atoms with E-state index in [0.29, 0.717) is 19.3 Å². The largest absolute Gasteiger partial charge is 0.351 e. The molecule has 6 nitrogen and oxygen atoms in total. The molecule has 0 bridgehead atoms. The van der Waals surface area contributed by atoms with Crippen molar-refractivity contribution in [3.63, 3.8) is 0 Å². The number of likely N-dealkylation sites (tertiary alicyclic amines) is 1. The smallest absolute Gasteiger partial charge is 0.222 e. The zero-order valence-corrected chi connectivity index (χ0v) is 12.8. The summed E-state index contributed by atoms with van der Waals surface area (Å²) in [5.41, 5.74) is 0.935. The molecule has 1 N–H and O–H groups in total. The van der Waals surface area contributed by atoms with Crippen LogP contribution < -0.4 is 5.32 Å². The van der Waals surface area contributed by atoms with Crippen LogP contribution in [0.1, 0.15) is 44.1 Å². The van der Waals surface area contributed by atoms with Gasteiger partial charge in [0.1, 0.15) is 6.33 Å². The molecule has 1 aromatic heterocycles. The van der Waals surface area contributed by atoms with Crippen molar-refractivity contribution in [3.05, 3.63) is 24.3 Å². The average molecular weight is 302 g/mol.